The van der Waals surface area contributed by atoms with Crippen molar-refractivity contribution in [2.24, 2.45) is 0 Å². The summed E-state index contributed by atoms with van der Waals surface area (Å²) in [4.78, 5) is 7.06. The van der Waals surface area contributed by atoms with Crippen molar-refractivity contribution >= 4 is 5.82 Å². The maximum absolute atomic E-state index is 5.40. The Morgan fingerprint density at radius 1 is 1.39 bits per heavy atom. The number of nitrogens with zero attached hydrogens (tertiary/aromatic N) is 2. The average molecular weight is 249 g/mol. The van der Waals surface area contributed by atoms with Crippen LogP contribution in [0.3, 0.4) is 0 Å². The monoisotopic (exact) mass is 249 g/mol. The minimum absolute atomic E-state index is 0.422. The summed E-state index contributed by atoms with van der Waals surface area (Å²) in [5.41, 5.74) is 1.11. The molecule has 1 aromatic heterocycles. The lowest BCUT2D eigenvalue weighted by molar-refractivity contribution is 0.0818. The summed E-state index contributed by atoms with van der Waals surface area (Å²) in [6, 6.07) is 6.27. The molecule has 18 heavy (non-hydrogen) atoms. The number of aromatic nitrogens is 1. The number of nitrogens with one attached hydrogen (secondary N) is 1. The van der Waals surface area contributed by atoms with Crippen molar-refractivity contribution in [3.05, 3.63) is 23.9 Å². The minimum atomic E-state index is 0.422. The van der Waals surface area contributed by atoms with E-state index in [0.717, 1.165) is 50.5 Å². The van der Waals surface area contributed by atoms with Crippen LogP contribution in [0.15, 0.2) is 18.2 Å². The third-order valence-electron chi connectivity index (χ3n) is 3.45. The summed E-state index contributed by atoms with van der Waals surface area (Å²) in [6.45, 7) is 6.01. The van der Waals surface area contributed by atoms with E-state index in [-0.39, 0.29) is 0 Å². The first-order valence-electron chi connectivity index (χ1n) is 6.78. The van der Waals surface area contributed by atoms with Gasteiger partial charge in [0.2, 0.25) is 0 Å². The molecule has 0 amide bonds. The van der Waals surface area contributed by atoms with Crippen LogP contribution in [0.2, 0.25) is 0 Å². The number of anilines is 1. The molecule has 4 heteroatoms. The van der Waals surface area contributed by atoms with E-state index in [9.17, 15) is 0 Å². The van der Waals surface area contributed by atoms with Crippen LogP contribution in [0.4, 0.5) is 5.82 Å². The molecule has 1 saturated heterocycles. The zero-order valence-corrected chi connectivity index (χ0v) is 11.4. The fraction of sp³-hybridized carbons (Fsp3) is 0.643. The topological polar surface area (TPSA) is 37.4 Å². The van der Waals surface area contributed by atoms with Gasteiger partial charge in [0.15, 0.2) is 0 Å². The Morgan fingerprint density at radius 2 is 2.17 bits per heavy atom. The number of hydrogen-bond acceptors (Lipinski definition) is 4. The largest absolute Gasteiger partial charge is 0.381 e. The van der Waals surface area contributed by atoms with Gasteiger partial charge >= 0.3 is 0 Å². The molecule has 1 fully saturated rings. The highest BCUT2D eigenvalue weighted by molar-refractivity contribution is 5.39. The highest BCUT2D eigenvalue weighted by atomic mass is 16.5. The Hall–Kier alpha value is -1.13. The molecule has 4 nitrogen and oxygen atoms in total. The second-order valence-corrected chi connectivity index (χ2v) is 4.69. The summed E-state index contributed by atoms with van der Waals surface area (Å²) < 4.78 is 5.40. The van der Waals surface area contributed by atoms with Crippen LogP contribution in [0.1, 0.15) is 25.5 Å². The molecular formula is C14H23N3O. The van der Waals surface area contributed by atoms with E-state index in [0.29, 0.717) is 6.10 Å². The van der Waals surface area contributed by atoms with Crippen molar-refractivity contribution in [2.45, 2.75) is 32.4 Å². The summed E-state index contributed by atoms with van der Waals surface area (Å²) >= 11 is 0. The normalized spacial score (nSPS) is 17.1. The van der Waals surface area contributed by atoms with Crippen LogP contribution < -0.4 is 10.2 Å². The van der Waals surface area contributed by atoms with Crippen LogP contribution in [0, 0.1) is 0 Å². The Balaban J connectivity index is 1.96. The van der Waals surface area contributed by atoms with Gasteiger partial charge in [-0.25, -0.2) is 4.98 Å². The molecule has 1 aromatic rings. The van der Waals surface area contributed by atoms with Gasteiger partial charge in [-0.3, -0.25) is 0 Å². The van der Waals surface area contributed by atoms with Gasteiger partial charge in [0.05, 0.1) is 11.8 Å². The van der Waals surface area contributed by atoms with Gasteiger partial charge in [0.1, 0.15) is 5.82 Å². The van der Waals surface area contributed by atoms with Crippen molar-refractivity contribution in [3.8, 4) is 0 Å². The van der Waals surface area contributed by atoms with Crippen molar-refractivity contribution in [1.82, 2.24) is 10.3 Å². The highest BCUT2D eigenvalue weighted by Crippen LogP contribution is 2.19. The summed E-state index contributed by atoms with van der Waals surface area (Å²) in [5, 5.41) is 3.31. The van der Waals surface area contributed by atoms with Crippen LogP contribution in [0.5, 0.6) is 0 Å². The molecule has 0 saturated carbocycles. The van der Waals surface area contributed by atoms with Crippen LogP contribution in [-0.2, 0) is 11.3 Å². The number of rotatable bonds is 5. The standard InChI is InChI=1S/C14H23N3O/c1-3-15-11-12-5-4-6-14(16-12)17-9-7-13(18-2)8-10-17/h4-6,13,15H,3,7-11H2,1-2H3. The number of pyridine rings is 1. The maximum Gasteiger partial charge on any atom is 0.128 e. The fourth-order valence-electron chi connectivity index (χ4n) is 2.32. The molecule has 0 unspecified atom stereocenters. The molecule has 0 bridgehead atoms. The highest BCUT2D eigenvalue weighted by Gasteiger charge is 2.19. The van der Waals surface area contributed by atoms with Crippen LogP contribution in [0.25, 0.3) is 0 Å². The van der Waals surface area contributed by atoms with Gasteiger partial charge in [-0.15, -0.1) is 0 Å². The first kappa shape index (κ1) is 13.3. The van der Waals surface area contributed by atoms with Crippen molar-refractivity contribution in [3.63, 3.8) is 0 Å². The van der Waals surface area contributed by atoms with E-state index in [1.54, 1.807) is 7.11 Å². The Kier molecular flexibility index (Phi) is 4.96. The Morgan fingerprint density at radius 3 is 2.83 bits per heavy atom. The quantitative estimate of drug-likeness (QED) is 0.863. The number of hydrogen-bond donors (Lipinski definition) is 1. The molecule has 2 rings (SSSR count). The van der Waals surface area contributed by atoms with Gasteiger partial charge in [0.25, 0.3) is 0 Å². The molecule has 0 atom stereocenters. The van der Waals surface area contributed by atoms with Gasteiger partial charge in [-0.2, -0.15) is 0 Å². The van der Waals surface area contributed by atoms with Gasteiger partial charge in [-0.1, -0.05) is 13.0 Å². The molecule has 0 aromatic carbocycles. The lowest BCUT2D eigenvalue weighted by Crippen LogP contribution is -2.37. The third-order valence-corrected chi connectivity index (χ3v) is 3.45. The molecule has 0 aliphatic carbocycles. The number of ether oxygens (including phenoxy) is 1. The van der Waals surface area contributed by atoms with E-state index in [2.05, 4.69) is 35.3 Å². The van der Waals surface area contributed by atoms with E-state index in [1.165, 1.54) is 0 Å². The van der Waals surface area contributed by atoms with Crippen molar-refractivity contribution in [2.75, 3.05) is 31.6 Å². The van der Waals surface area contributed by atoms with E-state index >= 15 is 0 Å². The first-order valence-corrected chi connectivity index (χ1v) is 6.78. The minimum Gasteiger partial charge on any atom is -0.381 e. The molecule has 1 N–H and O–H groups in total. The fourth-order valence-corrected chi connectivity index (χ4v) is 2.32. The van der Waals surface area contributed by atoms with Crippen LogP contribution in [-0.4, -0.2) is 37.8 Å². The smallest absolute Gasteiger partial charge is 0.128 e. The molecule has 2 heterocycles. The van der Waals surface area contributed by atoms with Crippen molar-refractivity contribution in [1.29, 1.82) is 0 Å². The molecular weight excluding hydrogens is 226 g/mol. The van der Waals surface area contributed by atoms with Gasteiger partial charge < -0.3 is 15.0 Å². The second-order valence-electron chi connectivity index (χ2n) is 4.69. The lowest BCUT2D eigenvalue weighted by Gasteiger charge is -2.32. The second kappa shape index (κ2) is 6.71. The van der Waals surface area contributed by atoms with Gasteiger partial charge in [-0.05, 0) is 31.5 Å². The van der Waals surface area contributed by atoms with E-state index in [4.69, 9.17) is 9.72 Å². The zero-order chi connectivity index (χ0) is 12.8. The molecule has 1 aliphatic heterocycles. The molecule has 1 aliphatic rings. The van der Waals surface area contributed by atoms with E-state index in [1.807, 2.05) is 0 Å². The summed E-state index contributed by atoms with van der Waals surface area (Å²) in [5.74, 6) is 1.10. The third kappa shape index (κ3) is 3.43. The molecule has 0 radical (unpaired) electrons. The molecule has 100 valence electrons. The summed E-state index contributed by atoms with van der Waals surface area (Å²) in [7, 11) is 1.80. The number of methoxy groups -OCH3 is 1. The number of piperidine rings is 1. The van der Waals surface area contributed by atoms with Crippen molar-refractivity contribution < 1.29 is 4.74 Å². The predicted molar refractivity (Wildman–Crippen MR) is 73.9 cm³/mol. The molecule has 0 spiro atoms. The van der Waals surface area contributed by atoms with Crippen LogP contribution >= 0.6 is 0 Å². The lowest BCUT2D eigenvalue weighted by atomic mass is 10.1. The SMILES string of the molecule is CCNCc1cccc(N2CCC(OC)CC2)n1. The Bertz CT molecular complexity index is 362. The van der Waals surface area contributed by atoms with E-state index < -0.39 is 0 Å². The first-order chi connectivity index (χ1) is 8.83. The predicted octanol–water partition coefficient (Wildman–Crippen LogP) is 1.81. The van der Waals surface area contributed by atoms with Gasteiger partial charge in [0, 0.05) is 26.7 Å². The Labute approximate surface area is 109 Å². The summed E-state index contributed by atoms with van der Waals surface area (Å²) in [6.07, 6.45) is 2.61. The zero-order valence-electron chi connectivity index (χ0n) is 11.4. The average Bonchev–Trinajstić information content (AvgIpc) is 2.45. The maximum atomic E-state index is 5.40.